The molecule has 2 saturated heterocycles. The van der Waals surface area contributed by atoms with Gasteiger partial charge in [0.25, 0.3) is 0 Å². The Morgan fingerprint density at radius 2 is 2.15 bits per heavy atom. The molecular formula is C13H24FN5O. The molecule has 0 radical (unpaired) electrons. The molecule has 1 amide bonds. The quantitative estimate of drug-likeness (QED) is 0.544. The second-order valence-corrected chi connectivity index (χ2v) is 5.55. The molecule has 2 aliphatic rings. The van der Waals surface area contributed by atoms with Crippen molar-refractivity contribution in [2.24, 2.45) is 11.6 Å². The first-order chi connectivity index (χ1) is 9.49. The zero-order valence-electron chi connectivity index (χ0n) is 12.0. The van der Waals surface area contributed by atoms with Gasteiger partial charge in [-0.25, -0.2) is 10.2 Å². The number of carbonyl (C=O) groups is 1. The molecule has 20 heavy (non-hydrogen) atoms. The van der Waals surface area contributed by atoms with Crippen molar-refractivity contribution in [2.75, 3.05) is 33.2 Å². The highest BCUT2D eigenvalue weighted by Gasteiger charge is 2.27. The van der Waals surface area contributed by atoms with Crippen molar-refractivity contribution in [3.05, 3.63) is 11.9 Å². The first-order valence-electron chi connectivity index (χ1n) is 7.11. The van der Waals surface area contributed by atoms with E-state index in [-0.39, 0.29) is 5.91 Å². The minimum absolute atomic E-state index is 0.104. The Morgan fingerprint density at radius 1 is 1.45 bits per heavy atom. The molecule has 1 unspecified atom stereocenters. The largest absolute Gasteiger partial charge is 0.320 e. The number of likely N-dealkylation sites (tertiary alicyclic amines) is 1. The lowest BCUT2D eigenvalue weighted by molar-refractivity contribution is -0.129. The van der Waals surface area contributed by atoms with Crippen LogP contribution in [0.5, 0.6) is 0 Å². The summed E-state index contributed by atoms with van der Waals surface area (Å²) in [6.07, 6.45) is 3.60. The van der Waals surface area contributed by atoms with E-state index in [1.165, 1.54) is 4.90 Å². The summed E-state index contributed by atoms with van der Waals surface area (Å²) in [6.45, 7) is 2.55. The maximum atomic E-state index is 12.7. The number of hydrogen-bond donors (Lipinski definition) is 2. The summed E-state index contributed by atoms with van der Waals surface area (Å²) < 4.78 is 12.7. The Bertz CT molecular complexity index is 383. The molecule has 0 aromatic carbocycles. The first-order valence-corrected chi connectivity index (χ1v) is 7.11. The van der Waals surface area contributed by atoms with E-state index in [4.69, 9.17) is 11.6 Å². The number of hydrazine groups is 1. The van der Waals surface area contributed by atoms with Crippen LogP contribution in [0.3, 0.4) is 0 Å². The van der Waals surface area contributed by atoms with E-state index >= 15 is 0 Å². The van der Waals surface area contributed by atoms with Gasteiger partial charge < -0.3 is 5.73 Å². The van der Waals surface area contributed by atoms with Crippen LogP contribution in [0, 0.1) is 0 Å². The van der Waals surface area contributed by atoms with Crippen molar-refractivity contribution >= 4 is 5.91 Å². The van der Waals surface area contributed by atoms with Gasteiger partial charge in [0.2, 0.25) is 5.91 Å². The molecule has 2 fully saturated rings. The van der Waals surface area contributed by atoms with E-state index in [1.807, 2.05) is 6.08 Å². The van der Waals surface area contributed by atoms with Crippen LogP contribution in [0.2, 0.25) is 0 Å². The minimum Gasteiger partial charge on any atom is -0.320 e. The Balaban J connectivity index is 1.84. The third kappa shape index (κ3) is 3.47. The lowest BCUT2D eigenvalue weighted by Gasteiger charge is -2.34. The molecule has 2 rings (SSSR count). The molecule has 6 nitrogen and oxygen atoms in total. The van der Waals surface area contributed by atoms with Crippen molar-refractivity contribution in [2.45, 2.75) is 31.5 Å². The van der Waals surface area contributed by atoms with Crippen LogP contribution < -0.4 is 11.6 Å². The van der Waals surface area contributed by atoms with Crippen LogP contribution in [0.1, 0.15) is 19.3 Å². The van der Waals surface area contributed by atoms with Gasteiger partial charge in [0.05, 0.1) is 6.04 Å². The van der Waals surface area contributed by atoms with E-state index in [1.54, 1.807) is 12.1 Å². The van der Waals surface area contributed by atoms with Crippen molar-refractivity contribution in [3.63, 3.8) is 0 Å². The predicted octanol–water partition coefficient (Wildman–Crippen LogP) is -0.373. The monoisotopic (exact) mass is 285 g/mol. The average Bonchev–Trinajstić information content (AvgIpc) is 2.47. The van der Waals surface area contributed by atoms with Crippen LogP contribution in [0.25, 0.3) is 0 Å². The van der Waals surface area contributed by atoms with Gasteiger partial charge in [-0.1, -0.05) is 0 Å². The smallest absolute Gasteiger partial charge is 0.244 e. The Kier molecular flexibility index (Phi) is 4.95. The normalized spacial score (nSPS) is 27.9. The topological polar surface area (TPSA) is 78.8 Å². The van der Waals surface area contributed by atoms with E-state index in [9.17, 15) is 9.18 Å². The lowest BCUT2D eigenvalue weighted by atomic mass is 10.1. The van der Waals surface area contributed by atoms with Gasteiger partial charge in [-0.15, -0.1) is 0 Å². The second kappa shape index (κ2) is 6.51. The molecule has 1 atom stereocenters. The second-order valence-electron chi connectivity index (χ2n) is 5.55. The molecule has 7 heteroatoms. The molecular weight excluding hydrogens is 261 g/mol. The molecule has 2 aliphatic heterocycles. The highest BCUT2D eigenvalue weighted by atomic mass is 19.1. The third-order valence-electron chi connectivity index (χ3n) is 3.88. The third-order valence-corrected chi connectivity index (χ3v) is 3.88. The Labute approximate surface area is 119 Å². The Morgan fingerprint density at radius 3 is 2.80 bits per heavy atom. The molecule has 0 bridgehead atoms. The van der Waals surface area contributed by atoms with Gasteiger partial charge in [0, 0.05) is 26.7 Å². The predicted molar refractivity (Wildman–Crippen MR) is 74.9 cm³/mol. The summed E-state index contributed by atoms with van der Waals surface area (Å²) in [5, 5.41) is 1.58. The van der Waals surface area contributed by atoms with Crippen molar-refractivity contribution in [3.8, 4) is 0 Å². The standard InChI is InChI=1S/C13H24FN5O/c1-17-12(19(16)7-5-11(15)13(17)20)4-2-3-6-18-8-10(14)9-18/h4,10-11H,2-3,5-9,15-16H2,1H3/b12-4-. The fraction of sp³-hybridized carbons (Fsp3) is 0.769. The highest BCUT2D eigenvalue weighted by Crippen LogP contribution is 2.16. The van der Waals surface area contributed by atoms with Crippen LogP contribution >= 0.6 is 0 Å². The fourth-order valence-corrected chi connectivity index (χ4v) is 2.56. The number of hydrogen-bond acceptors (Lipinski definition) is 5. The summed E-state index contributed by atoms with van der Waals surface area (Å²) in [7, 11) is 1.70. The number of alkyl halides is 1. The number of carbonyl (C=O) groups excluding carboxylic acids is 1. The van der Waals surface area contributed by atoms with Gasteiger partial charge in [0.15, 0.2) is 0 Å². The molecule has 0 spiro atoms. The maximum Gasteiger partial charge on any atom is 0.244 e. The van der Waals surface area contributed by atoms with Gasteiger partial charge in [-0.05, 0) is 31.9 Å². The van der Waals surface area contributed by atoms with Crippen LogP contribution in [0.15, 0.2) is 11.9 Å². The molecule has 2 heterocycles. The molecule has 0 aromatic heterocycles. The van der Waals surface area contributed by atoms with Gasteiger partial charge in [0.1, 0.15) is 12.0 Å². The van der Waals surface area contributed by atoms with Crippen LogP contribution in [-0.4, -0.2) is 66.2 Å². The minimum atomic E-state index is -0.653. The summed E-state index contributed by atoms with van der Waals surface area (Å²) in [5.41, 5.74) is 5.78. The van der Waals surface area contributed by atoms with Crippen molar-refractivity contribution in [1.82, 2.24) is 14.8 Å². The van der Waals surface area contributed by atoms with Gasteiger partial charge in [-0.2, -0.15) is 0 Å². The van der Waals surface area contributed by atoms with Crippen LogP contribution in [-0.2, 0) is 4.79 Å². The van der Waals surface area contributed by atoms with Gasteiger partial charge >= 0.3 is 0 Å². The zero-order valence-corrected chi connectivity index (χ0v) is 12.0. The molecule has 0 aliphatic carbocycles. The summed E-state index contributed by atoms with van der Waals surface area (Å²) in [4.78, 5) is 15.6. The maximum absolute atomic E-state index is 12.7. The fourth-order valence-electron chi connectivity index (χ4n) is 2.56. The molecule has 0 aromatic rings. The van der Waals surface area contributed by atoms with Crippen molar-refractivity contribution < 1.29 is 9.18 Å². The first kappa shape index (κ1) is 15.2. The van der Waals surface area contributed by atoms with E-state index in [0.717, 1.165) is 19.4 Å². The van der Waals surface area contributed by atoms with Crippen LogP contribution in [0.4, 0.5) is 4.39 Å². The average molecular weight is 285 g/mol. The van der Waals surface area contributed by atoms with Gasteiger partial charge in [-0.3, -0.25) is 19.6 Å². The lowest BCUT2D eigenvalue weighted by Crippen LogP contribution is -2.48. The number of allylic oxidation sites excluding steroid dienone is 1. The zero-order chi connectivity index (χ0) is 14.7. The number of nitrogens with zero attached hydrogens (tertiary/aromatic N) is 3. The highest BCUT2D eigenvalue weighted by molar-refractivity contribution is 5.83. The number of halogens is 1. The van der Waals surface area contributed by atoms with E-state index in [0.29, 0.717) is 31.9 Å². The number of unbranched alkanes of at least 4 members (excludes halogenated alkanes) is 1. The van der Waals surface area contributed by atoms with E-state index in [2.05, 4.69) is 4.90 Å². The summed E-state index contributed by atoms with van der Waals surface area (Å²) in [5.74, 6) is 6.55. The Hall–Kier alpha value is -1.18. The van der Waals surface area contributed by atoms with E-state index < -0.39 is 12.2 Å². The molecule has 4 N–H and O–H groups in total. The number of amides is 1. The number of rotatable bonds is 4. The SMILES string of the molecule is CN1C(=O)C(N)CCN(N)/C1=C\CCCN1CC(F)C1. The van der Waals surface area contributed by atoms with Crippen molar-refractivity contribution in [1.29, 1.82) is 0 Å². The summed E-state index contributed by atoms with van der Waals surface area (Å²) in [6, 6.07) is -0.487. The summed E-state index contributed by atoms with van der Waals surface area (Å²) >= 11 is 0. The molecule has 114 valence electrons. The number of likely N-dealkylation sites (N-methyl/N-ethyl adjacent to an activating group) is 1. The molecule has 0 saturated carbocycles. The number of nitrogens with two attached hydrogens (primary N) is 2.